The van der Waals surface area contributed by atoms with Crippen molar-refractivity contribution in [1.29, 1.82) is 0 Å². The molecule has 1 aliphatic carbocycles. The van der Waals surface area contributed by atoms with E-state index in [0.717, 1.165) is 12.5 Å². The minimum atomic E-state index is -4.25. The lowest BCUT2D eigenvalue weighted by molar-refractivity contribution is -0.138. The SMILES string of the molecule is N[C@H]1C[C@@H]1Cc1ccccc1C(F)(F)F. The third kappa shape index (κ3) is 2.31. The van der Waals surface area contributed by atoms with E-state index < -0.39 is 11.7 Å². The average molecular weight is 215 g/mol. The molecule has 15 heavy (non-hydrogen) atoms. The van der Waals surface area contributed by atoms with Crippen molar-refractivity contribution in [3.63, 3.8) is 0 Å². The standard InChI is InChI=1S/C11H12F3N/c12-11(13,14)9-4-2-1-3-7(9)5-8-6-10(8)15/h1-4,8,10H,5-6,15H2/t8-,10-/m0/s1. The smallest absolute Gasteiger partial charge is 0.327 e. The molecule has 0 unspecified atom stereocenters. The molecule has 0 aliphatic heterocycles. The molecule has 1 aliphatic rings. The molecule has 0 saturated heterocycles. The topological polar surface area (TPSA) is 26.0 Å². The van der Waals surface area contributed by atoms with Crippen molar-refractivity contribution in [1.82, 2.24) is 0 Å². The lowest BCUT2D eigenvalue weighted by atomic mass is 10.0. The highest BCUT2D eigenvalue weighted by Gasteiger charge is 2.37. The number of nitrogens with two attached hydrogens (primary N) is 1. The Morgan fingerprint density at radius 3 is 2.40 bits per heavy atom. The molecule has 0 amide bonds. The Morgan fingerprint density at radius 1 is 1.27 bits per heavy atom. The summed E-state index contributed by atoms with van der Waals surface area (Å²) in [4.78, 5) is 0. The summed E-state index contributed by atoms with van der Waals surface area (Å²) in [5, 5.41) is 0. The monoisotopic (exact) mass is 215 g/mol. The van der Waals surface area contributed by atoms with E-state index in [1.807, 2.05) is 0 Å². The zero-order valence-electron chi connectivity index (χ0n) is 8.09. The maximum Gasteiger partial charge on any atom is 0.416 e. The quantitative estimate of drug-likeness (QED) is 0.806. The van der Waals surface area contributed by atoms with Gasteiger partial charge in [-0.15, -0.1) is 0 Å². The summed E-state index contributed by atoms with van der Waals surface area (Å²) in [5.41, 5.74) is 5.43. The third-order valence-corrected chi connectivity index (χ3v) is 2.78. The molecule has 1 aromatic carbocycles. The molecule has 0 bridgehead atoms. The number of benzene rings is 1. The second-order valence-electron chi connectivity index (χ2n) is 4.02. The van der Waals surface area contributed by atoms with Crippen LogP contribution in [0, 0.1) is 5.92 Å². The molecule has 2 rings (SSSR count). The van der Waals surface area contributed by atoms with Gasteiger partial charge in [0.2, 0.25) is 0 Å². The van der Waals surface area contributed by atoms with E-state index in [1.54, 1.807) is 6.07 Å². The van der Waals surface area contributed by atoms with Crippen LogP contribution in [0.5, 0.6) is 0 Å². The number of hydrogen-bond donors (Lipinski definition) is 1. The fraction of sp³-hybridized carbons (Fsp3) is 0.455. The predicted octanol–water partition coefficient (Wildman–Crippen LogP) is 2.60. The molecule has 82 valence electrons. The lowest BCUT2D eigenvalue weighted by Gasteiger charge is -2.12. The van der Waals surface area contributed by atoms with E-state index in [-0.39, 0.29) is 12.0 Å². The van der Waals surface area contributed by atoms with Gasteiger partial charge >= 0.3 is 6.18 Å². The minimum Gasteiger partial charge on any atom is -0.327 e. The van der Waals surface area contributed by atoms with Gasteiger partial charge in [0.1, 0.15) is 0 Å². The summed E-state index contributed by atoms with van der Waals surface area (Å²) in [7, 11) is 0. The van der Waals surface area contributed by atoms with Crippen LogP contribution in [0.1, 0.15) is 17.5 Å². The number of rotatable bonds is 2. The summed E-state index contributed by atoms with van der Waals surface area (Å²) in [6.07, 6.45) is -2.97. The van der Waals surface area contributed by atoms with Gasteiger partial charge in [0, 0.05) is 6.04 Å². The van der Waals surface area contributed by atoms with Crippen LogP contribution in [0.3, 0.4) is 0 Å². The molecule has 1 saturated carbocycles. The van der Waals surface area contributed by atoms with Gasteiger partial charge in [0.25, 0.3) is 0 Å². The van der Waals surface area contributed by atoms with Crippen molar-refractivity contribution in [2.75, 3.05) is 0 Å². The van der Waals surface area contributed by atoms with Gasteiger partial charge in [-0.05, 0) is 30.4 Å². The van der Waals surface area contributed by atoms with Gasteiger partial charge in [-0.25, -0.2) is 0 Å². The summed E-state index contributed by atoms with van der Waals surface area (Å²) in [6.45, 7) is 0. The van der Waals surface area contributed by atoms with Crippen molar-refractivity contribution >= 4 is 0 Å². The first-order valence-corrected chi connectivity index (χ1v) is 4.89. The van der Waals surface area contributed by atoms with Crippen LogP contribution in [-0.4, -0.2) is 6.04 Å². The largest absolute Gasteiger partial charge is 0.416 e. The molecular formula is C11H12F3N. The molecule has 4 heteroatoms. The molecule has 1 nitrogen and oxygen atoms in total. The summed E-state index contributed by atoms with van der Waals surface area (Å²) in [6, 6.07) is 5.81. The van der Waals surface area contributed by atoms with Crippen LogP contribution in [0.2, 0.25) is 0 Å². The highest BCUT2D eigenvalue weighted by Crippen LogP contribution is 2.37. The fourth-order valence-corrected chi connectivity index (χ4v) is 1.76. The van der Waals surface area contributed by atoms with E-state index in [9.17, 15) is 13.2 Å². The van der Waals surface area contributed by atoms with Crippen molar-refractivity contribution < 1.29 is 13.2 Å². The van der Waals surface area contributed by atoms with Crippen molar-refractivity contribution in [2.45, 2.75) is 25.1 Å². The van der Waals surface area contributed by atoms with Crippen LogP contribution in [0.25, 0.3) is 0 Å². The van der Waals surface area contributed by atoms with Crippen LogP contribution < -0.4 is 5.73 Å². The average Bonchev–Trinajstić information content (AvgIpc) is 2.81. The van der Waals surface area contributed by atoms with Crippen molar-refractivity contribution in [2.24, 2.45) is 11.7 Å². The molecular weight excluding hydrogens is 203 g/mol. The highest BCUT2D eigenvalue weighted by molar-refractivity contribution is 5.30. The van der Waals surface area contributed by atoms with Crippen molar-refractivity contribution in [3.05, 3.63) is 35.4 Å². The Hall–Kier alpha value is -1.03. The zero-order chi connectivity index (χ0) is 11.1. The van der Waals surface area contributed by atoms with Gasteiger partial charge in [-0.1, -0.05) is 18.2 Å². The van der Waals surface area contributed by atoms with Crippen molar-refractivity contribution in [3.8, 4) is 0 Å². The fourth-order valence-electron chi connectivity index (χ4n) is 1.76. The number of hydrogen-bond acceptors (Lipinski definition) is 1. The van der Waals surface area contributed by atoms with E-state index in [1.165, 1.54) is 12.1 Å². The van der Waals surface area contributed by atoms with E-state index in [0.29, 0.717) is 12.0 Å². The maximum absolute atomic E-state index is 12.6. The molecule has 2 atom stereocenters. The minimum absolute atomic E-state index is 0.0892. The highest BCUT2D eigenvalue weighted by atomic mass is 19.4. The van der Waals surface area contributed by atoms with E-state index >= 15 is 0 Å². The van der Waals surface area contributed by atoms with Gasteiger partial charge in [-0.2, -0.15) is 13.2 Å². The first-order chi connectivity index (χ1) is 6.98. The van der Waals surface area contributed by atoms with Crippen LogP contribution >= 0.6 is 0 Å². The Labute approximate surface area is 86.1 Å². The molecule has 1 fully saturated rings. The predicted molar refractivity (Wildman–Crippen MR) is 51.2 cm³/mol. The lowest BCUT2D eigenvalue weighted by Crippen LogP contribution is -2.11. The second kappa shape index (κ2) is 3.52. The van der Waals surface area contributed by atoms with Gasteiger partial charge < -0.3 is 5.73 Å². The maximum atomic E-state index is 12.6. The number of alkyl halides is 3. The Kier molecular flexibility index (Phi) is 2.46. The Morgan fingerprint density at radius 2 is 1.87 bits per heavy atom. The normalized spacial score (nSPS) is 25.3. The summed E-state index contributed by atoms with van der Waals surface area (Å²) >= 11 is 0. The first kappa shape index (κ1) is 10.5. The van der Waals surface area contributed by atoms with Gasteiger partial charge in [0.15, 0.2) is 0 Å². The first-order valence-electron chi connectivity index (χ1n) is 4.89. The molecule has 0 spiro atoms. The van der Waals surface area contributed by atoms with Gasteiger partial charge in [0.05, 0.1) is 5.56 Å². The number of halogens is 3. The van der Waals surface area contributed by atoms with E-state index in [2.05, 4.69) is 0 Å². The molecule has 2 N–H and O–H groups in total. The molecule has 0 radical (unpaired) electrons. The third-order valence-electron chi connectivity index (χ3n) is 2.78. The van der Waals surface area contributed by atoms with Crippen LogP contribution in [0.4, 0.5) is 13.2 Å². The molecule has 1 aromatic rings. The molecule has 0 heterocycles. The molecule has 0 aromatic heterocycles. The second-order valence-corrected chi connectivity index (χ2v) is 4.02. The van der Waals surface area contributed by atoms with Gasteiger partial charge in [-0.3, -0.25) is 0 Å². The summed E-state index contributed by atoms with van der Waals surface area (Å²) < 4.78 is 37.8. The Balaban J connectivity index is 2.22. The summed E-state index contributed by atoms with van der Waals surface area (Å²) in [5.74, 6) is 0.230. The van der Waals surface area contributed by atoms with E-state index in [4.69, 9.17) is 5.73 Å². The van der Waals surface area contributed by atoms with Crippen LogP contribution in [0.15, 0.2) is 24.3 Å². The van der Waals surface area contributed by atoms with Crippen LogP contribution in [-0.2, 0) is 12.6 Å². The Bertz CT molecular complexity index is 359. The zero-order valence-corrected chi connectivity index (χ0v) is 8.09.